The van der Waals surface area contributed by atoms with Crippen LogP contribution in [0.15, 0.2) is 42.5 Å². The van der Waals surface area contributed by atoms with E-state index in [1.165, 1.54) is 6.42 Å². The quantitative estimate of drug-likeness (QED) is 0.773. The predicted octanol–water partition coefficient (Wildman–Crippen LogP) is 2.48. The maximum Gasteiger partial charge on any atom is 0.251 e. The molecule has 0 atom stereocenters. The Morgan fingerprint density at radius 1 is 0.821 bits per heavy atom. The van der Waals surface area contributed by atoms with Gasteiger partial charge in [0.2, 0.25) is 11.8 Å². The highest BCUT2D eigenvalue weighted by Gasteiger charge is 2.16. The van der Waals surface area contributed by atoms with Crippen molar-refractivity contribution in [2.45, 2.75) is 32.1 Å². The molecule has 6 heteroatoms. The van der Waals surface area contributed by atoms with Crippen LogP contribution in [0.25, 0.3) is 10.8 Å². The van der Waals surface area contributed by atoms with Gasteiger partial charge in [-0.25, -0.2) is 0 Å². The average molecular weight is 381 g/mol. The number of rotatable bonds is 7. The van der Waals surface area contributed by atoms with Gasteiger partial charge in [-0.1, -0.05) is 30.3 Å². The first kappa shape index (κ1) is 19.9. The molecule has 0 unspecified atom stereocenters. The normalized spacial score (nSPS) is 13.9. The van der Waals surface area contributed by atoms with Crippen molar-refractivity contribution in [3.05, 3.63) is 48.0 Å². The van der Waals surface area contributed by atoms with Crippen LogP contribution in [0, 0.1) is 0 Å². The summed E-state index contributed by atoms with van der Waals surface area (Å²) in [6, 6.07) is 13.4. The molecule has 2 aromatic carbocycles. The maximum atomic E-state index is 12.3. The Hall–Kier alpha value is -2.89. The van der Waals surface area contributed by atoms with E-state index >= 15 is 0 Å². The first-order chi connectivity index (χ1) is 13.6. The summed E-state index contributed by atoms with van der Waals surface area (Å²) >= 11 is 0. The second kappa shape index (κ2) is 9.88. The van der Waals surface area contributed by atoms with Gasteiger partial charge in [0.1, 0.15) is 0 Å². The molecule has 0 aromatic heterocycles. The molecule has 3 amide bonds. The fourth-order valence-corrected chi connectivity index (χ4v) is 3.42. The number of nitrogens with zero attached hydrogens (tertiary/aromatic N) is 1. The van der Waals surface area contributed by atoms with E-state index < -0.39 is 0 Å². The summed E-state index contributed by atoms with van der Waals surface area (Å²) in [4.78, 5) is 38.1. The number of fused-ring (bicyclic) bond motifs is 1. The molecule has 28 heavy (non-hydrogen) atoms. The van der Waals surface area contributed by atoms with Gasteiger partial charge in [-0.3, -0.25) is 14.4 Å². The molecule has 1 saturated heterocycles. The van der Waals surface area contributed by atoms with Crippen LogP contribution >= 0.6 is 0 Å². The standard InChI is InChI=1S/C22H27N3O3/c26-20(23-13-11-21(27)25-14-4-1-5-15-25)10-12-24-22(28)19-9-8-17-6-2-3-7-18(17)16-19/h2-3,6-9,16H,1,4-5,10-15H2,(H,23,26)(H,24,28). The first-order valence-corrected chi connectivity index (χ1v) is 9.95. The van der Waals surface area contributed by atoms with Crippen molar-refractivity contribution in [2.24, 2.45) is 0 Å². The molecular weight excluding hydrogens is 354 g/mol. The highest BCUT2D eigenvalue weighted by Crippen LogP contribution is 2.15. The van der Waals surface area contributed by atoms with Crippen molar-refractivity contribution >= 4 is 28.5 Å². The monoisotopic (exact) mass is 381 g/mol. The lowest BCUT2D eigenvalue weighted by atomic mass is 10.1. The van der Waals surface area contributed by atoms with Gasteiger partial charge < -0.3 is 15.5 Å². The Kier molecular flexibility index (Phi) is 7.00. The van der Waals surface area contributed by atoms with Crippen molar-refractivity contribution < 1.29 is 14.4 Å². The number of hydrogen-bond acceptors (Lipinski definition) is 3. The number of likely N-dealkylation sites (tertiary alicyclic amines) is 1. The topological polar surface area (TPSA) is 78.5 Å². The smallest absolute Gasteiger partial charge is 0.251 e. The number of piperidine rings is 1. The van der Waals surface area contributed by atoms with Crippen molar-refractivity contribution in [3.63, 3.8) is 0 Å². The summed E-state index contributed by atoms with van der Waals surface area (Å²) in [6.45, 7) is 2.26. The molecule has 0 aliphatic carbocycles. The van der Waals surface area contributed by atoms with Crippen LogP contribution in [0.3, 0.4) is 0 Å². The third-order valence-corrected chi connectivity index (χ3v) is 5.02. The third kappa shape index (κ3) is 5.55. The van der Waals surface area contributed by atoms with Crippen LogP contribution in [0.4, 0.5) is 0 Å². The molecule has 0 bridgehead atoms. The van der Waals surface area contributed by atoms with Gasteiger partial charge in [-0.15, -0.1) is 0 Å². The van der Waals surface area contributed by atoms with E-state index in [0.29, 0.717) is 18.5 Å². The zero-order chi connectivity index (χ0) is 19.8. The molecule has 0 radical (unpaired) electrons. The zero-order valence-corrected chi connectivity index (χ0v) is 16.1. The molecule has 148 valence electrons. The number of hydrogen-bond donors (Lipinski definition) is 2. The van der Waals surface area contributed by atoms with Crippen LogP contribution in [-0.4, -0.2) is 48.8 Å². The average Bonchev–Trinajstić information content (AvgIpc) is 2.73. The lowest BCUT2D eigenvalue weighted by Crippen LogP contribution is -2.38. The van der Waals surface area contributed by atoms with Crippen molar-refractivity contribution in [2.75, 3.05) is 26.2 Å². The van der Waals surface area contributed by atoms with E-state index in [0.717, 1.165) is 36.7 Å². The van der Waals surface area contributed by atoms with Crippen LogP contribution < -0.4 is 10.6 Å². The van der Waals surface area contributed by atoms with E-state index in [1.807, 2.05) is 41.3 Å². The lowest BCUT2D eigenvalue weighted by molar-refractivity contribution is -0.132. The van der Waals surface area contributed by atoms with Crippen molar-refractivity contribution in [3.8, 4) is 0 Å². The van der Waals surface area contributed by atoms with Gasteiger partial charge >= 0.3 is 0 Å². The summed E-state index contributed by atoms with van der Waals surface area (Å²) < 4.78 is 0. The summed E-state index contributed by atoms with van der Waals surface area (Å²) in [5, 5.41) is 7.61. The molecule has 6 nitrogen and oxygen atoms in total. The molecule has 0 saturated carbocycles. The Labute approximate surface area is 165 Å². The maximum absolute atomic E-state index is 12.3. The van der Waals surface area contributed by atoms with Gasteiger partial charge in [0, 0.05) is 44.6 Å². The van der Waals surface area contributed by atoms with Gasteiger partial charge in [-0.2, -0.15) is 0 Å². The number of carbonyl (C=O) groups is 3. The molecule has 0 spiro atoms. The minimum absolute atomic E-state index is 0.101. The summed E-state index contributed by atoms with van der Waals surface area (Å²) in [5.41, 5.74) is 0.575. The summed E-state index contributed by atoms with van der Waals surface area (Å²) in [6.07, 6.45) is 3.84. The fraction of sp³-hybridized carbons (Fsp3) is 0.409. The van der Waals surface area contributed by atoms with Crippen LogP contribution in [0.1, 0.15) is 42.5 Å². The van der Waals surface area contributed by atoms with E-state index in [1.54, 1.807) is 6.07 Å². The molecule has 2 N–H and O–H groups in total. The number of benzene rings is 2. The molecule has 1 heterocycles. The zero-order valence-electron chi connectivity index (χ0n) is 16.1. The SMILES string of the molecule is O=C(CCNC(=O)c1ccc2ccccc2c1)NCCC(=O)N1CCCCC1. The highest BCUT2D eigenvalue weighted by atomic mass is 16.2. The summed E-state index contributed by atoms with van der Waals surface area (Å²) in [7, 11) is 0. The highest BCUT2D eigenvalue weighted by molar-refractivity contribution is 5.98. The molecule has 1 aliphatic heterocycles. The minimum atomic E-state index is -0.196. The van der Waals surface area contributed by atoms with Gasteiger partial charge in [0.25, 0.3) is 5.91 Å². The molecule has 3 rings (SSSR count). The number of nitrogens with one attached hydrogen (secondary N) is 2. The van der Waals surface area contributed by atoms with Crippen LogP contribution in [0.5, 0.6) is 0 Å². The summed E-state index contributed by atoms with van der Waals surface area (Å²) in [5.74, 6) is -0.256. The van der Waals surface area contributed by atoms with Crippen LogP contribution in [0.2, 0.25) is 0 Å². The molecule has 1 fully saturated rings. The van der Waals surface area contributed by atoms with E-state index in [2.05, 4.69) is 10.6 Å². The van der Waals surface area contributed by atoms with E-state index in [-0.39, 0.29) is 30.7 Å². The second-order valence-corrected chi connectivity index (χ2v) is 7.11. The Balaban J connectivity index is 1.35. The number of carbonyl (C=O) groups excluding carboxylic acids is 3. The molecule has 1 aliphatic rings. The largest absolute Gasteiger partial charge is 0.356 e. The molecular formula is C22H27N3O3. The van der Waals surface area contributed by atoms with Gasteiger partial charge in [0.05, 0.1) is 0 Å². The van der Waals surface area contributed by atoms with E-state index in [9.17, 15) is 14.4 Å². The Morgan fingerprint density at radius 3 is 2.32 bits per heavy atom. The second-order valence-electron chi connectivity index (χ2n) is 7.11. The molecule has 2 aromatic rings. The minimum Gasteiger partial charge on any atom is -0.356 e. The Bertz CT molecular complexity index is 844. The Morgan fingerprint density at radius 2 is 1.54 bits per heavy atom. The lowest BCUT2D eigenvalue weighted by Gasteiger charge is -2.26. The van der Waals surface area contributed by atoms with Crippen molar-refractivity contribution in [1.29, 1.82) is 0 Å². The first-order valence-electron chi connectivity index (χ1n) is 9.95. The fourth-order valence-electron chi connectivity index (χ4n) is 3.42. The van der Waals surface area contributed by atoms with Gasteiger partial charge in [0.15, 0.2) is 0 Å². The predicted molar refractivity (Wildman–Crippen MR) is 109 cm³/mol. The third-order valence-electron chi connectivity index (χ3n) is 5.02. The van der Waals surface area contributed by atoms with Gasteiger partial charge in [-0.05, 0) is 42.2 Å². The van der Waals surface area contributed by atoms with E-state index in [4.69, 9.17) is 0 Å². The van der Waals surface area contributed by atoms with Crippen molar-refractivity contribution in [1.82, 2.24) is 15.5 Å². The number of amides is 3. The van der Waals surface area contributed by atoms with Crippen LogP contribution in [-0.2, 0) is 9.59 Å².